The van der Waals surface area contributed by atoms with Crippen LogP contribution in [0.15, 0.2) is 18.2 Å². The standard InChI is InChI=1S/C7H8N2/c1-5-2-3-6(8)4-7(5)9/h1-4H,8-9H2. The summed E-state index contributed by atoms with van der Waals surface area (Å²) in [6, 6.07) is 5.03. The normalized spacial score (nSPS) is 9.44. The van der Waals surface area contributed by atoms with Crippen LogP contribution in [0.4, 0.5) is 11.4 Å². The molecule has 0 saturated heterocycles. The van der Waals surface area contributed by atoms with Crippen molar-refractivity contribution in [2.75, 3.05) is 11.5 Å². The monoisotopic (exact) mass is 120 g/mol. The maximum atomic E-state index is 5.42. The molecule has 1 aromatic rings. The first kappa shape index (κ1) is 5.95. The van der Waals surface area contributed by atoms with Crippen molar-refractivity contribution < 1.29 is 0 Å². The molecule has 0 aliphatic heterocycles. The van der Waals surface area contributed by atoms with Crippen molar-refractivity contribution in [1.29, 1.82) is 0 Å². The van der Waals surface area contributed by atoms with Crippen molar-refractivity contribution in [2.45, 2.75) is 0 Å². The molecule has 4 N–H and O–H groups in total. The van der Waals surface area contributed by atoms with E-state index in [4.69, 9.17) is 18.4 Å². The smallest absolute Gasteiger partial charge is 0.0370 e. The van der Waals surface area contributed by atoms with Crippen molar-refractivity contribution in [1.82, 2.24) is 0 Å². The van der Waals surface area contributed by atoms with E-state index in [2.05, 4.69) is 0 Å². The Morgan fingerprint density at radius 2 is 1.89 bits per heavy atom. The number of hydrogen-bond acceptors (Lipinski definition) is 2. The van der Waals surface area contributed by atoms with Crippen LogP contribution in [0.5, 0.6) is 0 Å². The molecule has 0 aliphatic carbocycles. The number of anilines is 2. The molecule has 0 spiro atoms. The molecule has 2 heteroatoms. The molecule has 46 valence electrons. The van der Waals surface area contributed by atoms with Gasteiger partial charge >= 0.3 is 0 Å². The summed E-state index contributed by atoms with van der Waals surface area (Å²) in [6.07, 6.45) is 0. The second-order valence-corrected chi connectivity index (χ2v) is 1.89. The van der Waals surface area contributed by atoms with Crippen LogP contribution in [0.25, 0.3) is 0 Å². The molecular weight excluding hydrogens is 112 g/mol. The summed E-state index contributed by atoms with van der Waals surface area (Å²) >= 11 is 0. The molecule has 1 rings (SSSR count). The summed E-state index contributed by atoms with van der Waals surface area (Å²) in [5, 5.41) is 0. The highest BCUT2D eigenvalue weighted by atomic mass is 14.6. The van der Waals surface area contributed by atoms with E-state index in [1.807, 2.05) is 0 Å². The molecular formula is C7H8N2. The average Bonchev–Trinajstić information content (AvgIpc) is 1.80. The Labute approximate surface area is 54.5 Å². The number of benzene rings is 1. The van der Waals surface area contributed by atoms with Crippen LogP contribution in [0.3, 0.4) is 0 Å². The van der Waals surface area contributed by atoms with Gasteiger partial charge in [-0.25, -0.2) is 0 Å². The van der Waals surface area contributed by atoms with Gasteiger partial charge in [-0.1, -0.05) is 6.07 Å². The van der Waals surface area contributed by atoms with Gasteiger partial charge in [0.05, 0.1) is 0 Å². The fourth-order valence-electron chi connectivity index (χ4n) is 0.593. The topological polar surface area (TPSA) is 52.0 Å². The van der Waals surface area contributed by atoms with Gasteiger partial charge in [-0.2, -0.15) is 0 Å². The summed E-state index contributed by atoms with van der Waals surface area (Å²) in [5.41, 5.74) is 12.6. The van der Waals surface area contributed by atoms with Crippen LogP contribution in [-0.4, -0.2) is 0 Å². The molecule has 1 aromatic carbocycles. The van der Waals surface area contributed by atoms with E-state index in [1.165, 1.54) is 0 Å². The van der Waals surface area contributed by atoms with E-state index in [9.17, 15) is 0 Å². The highest BCUT2D eigenvalue weighted by Crippen LogP contribution is 2.13. The molecule has 2 radical (unpaired) electrons. The Hall–Kier alpha value is -1.18. The lowest BCUT2D eigenvalue weighted by Gasteiger charge is -1.98. The van der Waals surface area contributed by atoms with Crippen molar-refractivity contribution in [3.63, 3.8) is 0 Å². The maximum Gasteiger partial charge on any atom is 0.0370 e. The zero-order chi connectivity index (χ0) is 6.85. The fraction of sp³-hybridized carbons (Fsp3) is 0. The third-order valence-corrected chi connectivity index (χ3v) is 1.11. The van der Waals surface area contributed by atoms with E-state index in [1.54, 1.807) is 18.2 Å². The molecule has 0 amide bonds. The lowest BCUT2D eigenvalue weighted by Crippen LogP contribution is -1.91. The van der Waals surface area contributed by atoms with Gasteiger partial charge in [-0.05, 0) is 17.7 Å². The summed E-state index contributed by atoms with van der Waals surface area (Å²) in [5.74, 6) is 0. The van der Waals surface area contributed by atoms with Crippen LogP contribution < -0.4 is 11.5 Å². The summed E-state index contributed by atoms with van der Waals surface area (Å²) in [7, 11) is 0. The molecule has 0 saturated carbocycles. The molecule has 0 aromatic heterocycles. The lowest BCUT2D eigenvalue weighted by atomic mass is 10.2. The highest BCUT2D eigenvalue weighted by molar-refractivity contribution is 5.57. The predicted octanol–water partition coefficient (Wildman–Crippen LogP) is 0.910. The Kier molecular flexibility index (Phi) is 1.30. The van der Waals surface area contributed by atoms with Gasteiger partial charge in [0.15, 0.2) is 0 Å². The third kappa shape index (κ3) is 1.13. The minimum Gasteiger partial charge on any atom is -0.399 e. The Balaban J connectivity index is 3.17. The lowest BCUT2D eigenvalue weighted by molar-refractivity contribution is 1.59. The zero-order valence-corrected chi connectivity index (χ0v) is 4.96. The molecule has 0 fully saturated rings. The number of rotatable bonds is 0. The average molecular weight is 120 g/mol. The minimum atomic E-state index is 0.537. The van der Waals surface area contributed by atoms with Crippen LogP contribution >= 0.6 is 0 Å². The van der Waals surface area contributed by atoms with Crippen LogP contribution in [0.1, 0.15) is 5.56 Å². The van der Waals surface area contributed by atoms with Crippen LogP contribution in [0.2, 0.25) is 0 Å². The SMILES string of the molecule is [CH]c1ccc(N)cc1N. The van der Waals surface area contributed by atoms with E-state index in [0.717, 1.165) is 0 Å². The Bertz CT molecular complexity index is 218. The molecule has 0 unspecified atom stereocenters. The first-order valence-electron chi connectivity index (χ1n) is 2.60. The fourth-order valence-corrected chi connectivity index (χ4v) is 0.593. The maximum absolute atomic E-state index is 5.42. The van der Waals surface area contributed by atoms with Gasteiger partial charge in [0, 0.05) is 18.3 Å². The Morgan fingerprint density at radius 1 is 1.22 bits per heavy atom. The number of hydrogen-bond donors (Lipinski definition) is 2. The second kappa shape index (κ2) is 1.97. The molecule has 0 heterocycles. The molecule has 2 nitrogen and oxygen atoms in total. The van der Waals surface area contributed by atoms with E-state index < -0.39 is 0 Å². The predicted molar refractivity (Wildman–Crippen MR) is 38.7 cm³/mol. The number of nitrogens with two attached hydrogens (primary N) is 2. The van der Waals surface area contributed by atoms with Gasteiger partial charge in [-0.15, -0.1) is 0 Å². The van der Waals surface area contributed by atoms with Gasteiger partial charge in [-0.3, -0.25) is 0 Å². The largest absolute Gasteiger partial charge is 0.399 e. The third-order valence-electron chi connectivity index (χ3n) is 1.11. The van der Waals surface area contributed by atoms with Crippen LogP contribution in [0, 0.1) is 6.92 Å². The molecule has 9 heavy (non-hydrogen) atoms. The van der Waals surface area contributed by atoms with Crippen molar-refractivity contribution in [3.8, 4) is 0 Å². The molecule has 0 atom stereocenters. The summed E-state index contributed by atoms with van der Waals surface area (Å²) in [4.78, 5) is 0. The van der Waals surface area contributed by atoms with Gasteiger partial charge in [0.1, 0.15) is 0 Å². The van der Waals surface area contributed by atoms with Gasteiger partial charge in [0.25, 0.3) is 0 Å². The number of nitrogen functional groups attached to an aromatic ring is 2. The van der Waals surface area contributed by atoms with E-state index in [0.29, 0.717) is 16.9 Å². The molecule has 0 bridgehead atoms. The quantitative estimate of drug-likeness (QED) is 0.500. The van der Waals surface area contributed by atoms with Gasteiger partial charge < -0.3 is 11.5 Å². The van der Waals surface area contributed by atoms with E-state index in [-0.39, 0.29) is 0 Å². The van der Waals surface area contributed by atoms with Crippen molar-refractivity contribution >= 4 is 11.4 Å². The molecule has 0 aliphatic rings. The minimum absolute atomic E-state index is 0.537. The zero-order valence-electron chi connectivity index (χ0n) is 4.96. The van der Waals surface area contributed by atoms with Crippen LogP contribution in [-0.2, 0) is 0 Å². The first-order chi connectivity index (χ1) is 4.20. The highest BCUT2D eigenvalue weighted by Gasteiger charge is 1.90. The van der Waals surface area contributed by atoms with Crippen molar-refractivity contribution in [2.24, 2.45) is 0 Å². The van der Waals surface area contributed by atoms with E-state index >= 15 is 0 Å². The van der Waals surface area contributed by atoms with Crippen molar-refractivity contribution in [3.05, 3.63) is 30.7 Å². The first-order valence-corrected chi connectivity index (χ1v) is 2.60. The summed E-state index contributed by atoms with van der Waals surface area (Å²) in [6.45, 7) is 5.41. The van der Waals surface area contributed by atoms with Gasteiger partial charge in [0.2, 0.25) is 0 Å². The second-order valence-electron chi connectivity index (χ2n) is 1.89. The summed E-state index contributed by atoms with van der Waals surface area (Å²) < 4.78 is 0. The Morgan fingerprint density at radius 3 is 2.33 bits per heavy atom.